The van der Waals surface area contributed by atoms with Gasteiger partial charge in [0.1, 0.15) is 5.69 Å². The van der Waals surface area contributed by atoms with Crippen molar-refractivity contribution in [3.05, 3.63) is 75.9 Å². The number of hydrogen-bond donors (Lipinski definition) is 1. The van der Waals surface area contributed by atoms with Crippen LogP contribution in [-0.2, 0) is 11.2 Å². The maximum Gasteiger partial charge on any atom is 0.355 e. The van der Waals surface area contributed by atoms with Crippen molar-refractivity contribution in [2.24, 2.45) is 0 Å². The van der Waals surface area contributed by atoms with Crippen LogP contribution in [0.3, 0.4) is 0 Å². The van der Waals surface area contributed by atoms with E-state index in [9.17, 15) is 4.79 Å². The fourth-order valence-electron chi connectivity index (χ4n) is 2.80. The first-order valence-corrected chi connectivity index (χ1v) is 8.66. The van der Waals surface area contributed by atoms with Crippen LogP contribution in [0.15, 0.2) is 49.0 Å². The van der Waals surface area contributed by atoms with E-state index in [1.165, 1.54) is 0 Å². The van der Waals surface area contributed by atoms with E-state index in [0.717, 1.165) is 27.6 Å². The summed E-state index contributed by atoms with van der Waals surface area (Å²) in [7, 11) is 0. The lowest BCUT2D eigenvalue weighted by Gasteiger charge is -2.08. The summed E-state index contributed by atoms with van der Waals surface area (Å²) in [6.45, 7) is 6.24. The molecule has 128 valence electrons. The van der Waals surface area contributed by atoms with Crippen LogP contribution in [0.1, 0.15) is 28.5 Å². The molecule has 0 fully saturated rings. The standard InChI is InChI=1S/C20H17Cl2NO2/c1-3-25-20(24)19-15(9-12(2)13-7-5-4-6-8-13)14-10-16(21)17(22)11-18(14)23-19/h4-8,10-11,23H,2-3,9H2,1H3. The van der Waals surface area contributed by atoms with Gasteiger partial charge in [-0.1, -0.05) is 60.1 Å². The van der Waals surface area contributed by atoms with Gasteiger partial charge >= 0.3 is 5.97 Å². The number of carbonyl (C=O) groups is 1. The molecule has 1 N–H and O–H groups in total. The molecule has 0 atom stereocenters. The molecular formula is C20H17Cl2NO2. The van der Waals surface area contributed by atoms with Crippen LogP contribution in [0, 0.1) is 0 Å². The summed E-state index contributed by atoms with van der Waals surface area (Å²) in [5.74, 6) is -0.401. The first-order chi connectivity index (χ1) is 12.0. The Balaban J connectivity index is 2.10. The van der Waals surface area contributed by atoms with Crippen molar-refractivity contribution >= 4 is 45.6 Å². The molecule has 3 aromatic rings. The van der Waals surface area contributed by atoms with E-state index >= 15 is 0 Å². The number of aromatic nitrogens is 1. The number of nitrogens with one attached hydrogen (secondary N) is 1. The number of carbonyl (C=O) groups excluding carboxylic acids is 1. The van der Waals surface area contributed by atoms with Crippen LogP contribution < -0.4 is 0 Å². The van der Waals surface area contributed by atoms with Crippen LogP contribution in [0.4, 0.5) is 0 Å². The predicted molar refractivity (Wildman–Crippen MR) is 103 cm³/mol. The second kappa shape index (κ2) is 7.34. The lowest BCUT2D eigenvalue weighted by Crippen LogP contribution is -2.08. The molecule has 0 saturated carbocycles. The van der Waals surface area contributed by atoms with Gasteiger partial charge in [0.25, 0.3) is 0 Å². The summed E-state index contributed by atoms with van der Waals surface area (Å²) < 4.78 is 5.18. The van der Waals surface area contributed by atoms with Crippen molar-refractivity contribution in [3.63, 3.8) is 0 Å². The molecule has 0 aliphatic carbocycles. The Bertz CT molecular complexity index is 945. The van der Waals surface area contributed by atoms with Gasteiger partial charge in [0, 0.05) is 17.3 Å². The maximum atomic E-state index is 12.4. The number of aromatic amines is 1. The van der Waals surface area contributed by atoms with Crippen LogP contribution >= 0.6 is 23.2 Å². The molecule has 25 heavy (non-hydrogen) atoms. The van der Waals surface area contributed by atoms with Crippen molar-refractivity contribution in [3.8, 4) is 0 Å². The van der Waals surface area contributed by atoms with Gasteiger partial charge in [0.2, 0.25) is 0 Å². The lowest BCUT2D eigenvalue weighted by molar-refractivity contribution is 0.0519. The number of halogens is 2. The third-order valence-electron chi connectivity index (χ3n) is 4.00. The second-order valence-corrected chi connectivity index (χ2v) is 6.47. The zero-order valence-electron chi connectivity index (χ0n) is 13.7. The lowest BCUT2D eigenvalue weighted by atomic mass is 9.97. The monoisotopic (exact) mass is 373 g/mol. The van der Waals surface area contributed by atoms with Crippen LogP contribution in [0.2, 0.25) is 10.0 Å². The highest BCUT2D eigenvalue weighted by Gasteiger charge is 2.20. The molecule has 0 unspecified atom stereocenters. The fourth-order valence-corrected chi connectivity index (χ4v) is 3.12. The molecule has 0 aliphatic rings. The average molecular weight is 374 g/mol. The van der Waals surface area contributed by atoms with E-state index in [1.807, 2.05) is 30.3 Å². The van der Waals surface area contributed by atoms with E-state index in [2.05, 4.69) is 11.6 Å². The predicted octanol–water partition coefficient (Wildman–Crippen LogP) is 5.91. The summed E-state index contributed by atoms with van der Waals surface area (Å²) >= 11 is 12.3. The van der Waals surface area contributed by atoms with Crippen molar-refractivity contribution in [1.29, 1.82) is 0 Å². The highest BCUT2D eigenvalue weighted by atomic mass is 35.5. The van der Waals surface area contributed by atoms with Gasteiger partial charge in [-0.15, -0.1) is 0 Å². The van der Waals surface area contributed by atoms with Gasteiger partial charge in [-0.25, -0.2) is 4.79 Å². The smallest absolute Gasteiger partial charge is 0.355 e. The minimum absolute atomic E-state index is 0.300. The van der Waals surface area contributed by atoms with Crippen LogP contribution in [0.5, 0.6) is 0 Å². The van der Waals surface area contributed by atoms with E-state index < -0.39 is 5.97 Å². The summed E-state index contributed by atoms with van der Waals surface area (Å²) in [5, 5.41) is 1.71. The van der Waals surface area contributed by atoms with Crippen molar-refractivity contribution in [2.75, 3.05) is 6.61 Å². The normalized spacial score (nSPS) is 10.8. The number of ether oxygens (including phenoxy) is 1. The molecule has 2 aromatic carbocycles. The van der Waals surface area contributed by atoms with Crippen molar-refractivity contribution < 1.29 is 9.53 Å². The topological polar surface area (TPSA) is 42.1 Å². The van der Waals surface area contributed by atoms with Gasteiger partial charge in [-0.2, -0.15) is 0 Å². The third kappa shape index (κ3) is 3.58. The van der Waals surface area contributed by atoms with E-state index in [0.29, 0.717) is 28.8 Å². The Labute approximate surface area is 156 Å². The SMILES string of the molecule is C=C(Cc1c(C(=O)OCC)[nH]c2cc(Cl)c(Cl)cc12)c1ccccc1. The van der Waals surface area contributed by atoms with E-state index in [1.54, 1.807) is 19.1 Å². The zero-order valence-corrected chi connectivity index (χ0v) is 15.2. The molecular weight excluding hydrogens is 357 g/mol. The van der Waals surface area contributed by atoms with Crippen molar-refractivity contribution in [2.45, 2.75) is 13.3 Å². The zero-order chi connectivity index (χ0) is 18.0. The quantitative estimate of drug-likeness (QED) is 0.565. The number of H-pyrrole nitrogens is 1. The number of allylic oxidation sites excluding steroid dienone is 1. The highest BCUT2D eigenvalue weighted by molar-refractivity contribution is 6.42. The first-order valence-electron chi connectivity index (χ1n) is 7.91. The van der Waals surface area contributed by atoms with Crippen LogP contribution in [0.25, 0.3) is 16.5 Å². The molecule has 0 aliphatic heterocycles. The Kier molecular flexibility index (Phi) is 5.16. The van der Waals surface area contributed by atoms with E-state index in [-0.39, 0.29) is 0 Å². The molecule has 3 nitrogen and oxygen atoms in total. The molecule has 0 radical (unpaired) electrons. The van der Waals surface area contributed by atoms with Gasteiger partial charge < -0.3 is 9.72 Å². The number of hydrogen-bond acceptors (Lipinski definition) is 2. The van der Waals surface area contributed by atoms with Crippen molar-refractivity contribution in [1.82, 2.24) is 4.98 Å². The largest absolute Gasteiger partial charge is 0.461 e. The molecule has 1 heterocycles. The number of benzene rings is 2. The molecule has 3 rings (SSSR count). The van der Waals surface area contributed by atoms with Crippen LogP contribution in [-0.4, -0.2) is 17.6 Å². The van der Waals surface area contributed by atoms with Gasteiger partial charge in [0.15, 0.2) is 0 Å². The Hall–Kier alpha value is -2.23. The second-order valence-electron chi connectivity index (χ2n) is 5.66. The third-order valence-corrected chi connectivity index (χ3v) is 4.72. The maximum absolute atomic E-state index is 12.4. The molecule has 1 aromatic heterocycles. The van der Waals surface area contributed by atoms with E-state index in [4.69, 9.17) is 27.9 Å². The summed E-state index contributed by atoms with van der Waals surface area (Å²) in [4.78, 5) is 15.5. The minimum Gasteiger partial charge on any atom is -0.461 e. The molecule has 0 bridgehead atoms. The Morgan fingerprint density at radius 1 is 1.16 bits per heavy atom. The van der Waals surface area contributed by atoms with Gasteiger partial charge in [-0.3, -0.25) is 0 Å². The fraction of sp³-hybridized carbons (Fsp3) is 0.150. The Morgan fingerprint density at radius 3 is 2.52 bits per heavy atom. The van der Waals surface area contributed by atoms with Gasteiger partial charge in [0.05, 0.1) is 16.7 Å². The Morgan fingerprint density at radius 2 is 1.84 bits per heavy atom. The number of rotatable bonds is 5. The average Bonchev–Trinajstić information content (AvgIpc) is 2.94. The minimum atomic E-state index is -0.401. The summed E-state index contributed by atoms with van der Waals surface area (Å²) in [6, 6.07) is 13.3. The summed E-state index contributed by atoms with van der Waals surface area (Å²) in [6.07, 6.45) is 0.496. The first kappa shape index (κ1) is 17.6. The molecule has 5 heteroatoms. The highest BCUT2D eigenvalue weighted by Crippen LogP contribution is 2.33. The molecule has 0 spiro atoms. The number of esters is 1. The summed E-state index contributed by atoms with van der Waals surface area (Å²) in [5.41, 5.74) is 3.88. The molecule has 0 amide bonds. The molecule has 0 saturated heterocycles. The number of fused-ring (bicyclic) bond motifs is 1. The van der Waals surface area contributed by atoms with Gasteiger partial charge in [-0.05, 0) is 35.8 Å².